The molecule has 6 nitrogen and oxygen atoms in total. The molecule has 0 radical (unpaired) electrons. The van der Waals surface area contributed by atoms with Gasteiger partial charge in [-0.15, -0.1) is 0 Å². The molecule has 5 aliphatic rings. The van der Waals surface area contributed by atoms with Crippen molar-refractivity contribution in [1.82, 2.24) is 0 Å². The van der Waals surface area contributed by atoms with Crippen molar-refractivity contribution in [1.29, 1.82) is 0 Å². The van der Waals surface area contributed by atoms with Crippen LogP contribution in [0.1, 0.15) is 64.2 Å². The average molecular weight is 388 g/mol. The van der Waals surface area contributed by atoms with Crippen molar-refractivity contribution in [3.05, 3.63) is 0 Å². The minimum Gasteiger partial charge on any atom is -0.465 e. The topological polar surface area (TPSA) is 86.7 Å². The molecule has 4 saturated carbocycles. The summed E-state index contributed by atoms with van der Waals surface area (Å²) in [6, 6.07) is 0. The lowest BCUT2D eigenvalue weighted by Crippen LogP contribution is -2.60. The number of carbonyl (C=O) groups excluding carboxylic acids is 4. The predicted octanol–water partition coefficient (Wildman–Crippen LogP) is 2.62. The number of cyclic esters (lactones) is 2. The van der Waals surface area contributed by atoms with Gasteiger partial charge in [-0.3, -0.25) is 19.2 Å². The van der Waals surface area contributed by atoms with Crippen molar-refractivity contribution in [3.63, 3.8) is 0 Å². The zero-order valence-corrected chi connectivity index (χ0v) is 16.2. The van der Waals surface area contributed by atoms with Crippen LogP contribution in [0, 0.1) is 34.5 Å². The van der Waals surface area contributed by atoms with Crippen LogP contribution in [0.2, 0.25) is 0 Å². The largest absolute Gasteiger partial charge is 0.465 e. The maximum Gasteiger partial charge on any atom is 0.313 e. The molecule has 2 spiro atoms. The standard InChI is InChI=1S/C22H28O6/c23-16-3-2-8-22-14(11-15(16)22)6-10-27-19(25)21-7-1-4-17(24)18(21)13(12-21)5-9-28-20(22)26/h13-15,18H,1-12H2/t13-,14+,15-,18-,21+,22+/m0/s1. The first-order valence-corrected chi connectivity index (χ1v) is 10.9. The van der Waals surface area contributed by atoms with Crippen LogP contribution in [0.15, 0.2) is 0 Å². The molecule has 1 aliphatic heterocycles. The first-order valence-electron chi connectivity index (χ1n) is 10.9. The van der Waals surface area contributed by atoms with Gasteiger partial charge in [0.1, 0.15) is 11.6 Å². The molecule has 1 heterocycles. The maximum absolute atomic E-state index is 13.1. The predicted molar refractivity (Wildman–Crippen MR) is 96.9 cm³/mol. The van der Waals surface area contributed by atoms with Crippen LogP contribution in [-0.4, -0.2) is 36.7 Å². The van der Waals surface area contributed by atoms with Crippen LogP contribution in [0.25, 0.3) is 0 Å². The summed E-state index contributed by atoms with van der Waals surface area (Å²) in [6.45, 7) is 0.528. The summed E-state index contributed by atoms with van der Waals surface area (Å²) in [6.07, 6.45) is 6.53. The number of fused-ring (bicyclic) bond motifs is 2. The normalized spacial score (nSPS) is 46.0. The van der Waals surface area contributed by atoms with E-state index in [-0.39, 0.29) is 60.4 Å². The molecule has 1 saturated heterocycles. The molecule has 2 bridgehead atoms. The molecule has 0 aromatic rings. The van der Waals surface area contributed by atoms with Gasteiger partial charge in [0.15, 0.2) is 0 Å². The molecular formula is C22H28O6. The Morgan fingerprint density at radius 2 is 1.54 bits per heavy atom. The Balaban J connectivity index is 1.39. The summed E-state index contributed by atoms with van der Waals surface area (Å²) < 4.78 is 11.4. The Bertz CT molecular complexity index is 743. The highest BCUT2D eigenvalue weighted by Gasteiger charge is 2.65. The first-order chi connectivity index (χ1) is 13.5. The quantitative estimate of drug-likeness (QED) is 0.593. The van der Waals surface area contributed by atoms with E-state index in [0.29, 0.717) is 44.9 Å². The van der Waals surface area contributed by atoms with Crippen molar-refractivity contribution in [3.8, 4) is 0 Å². The Hall–Kier alpha value is -1.72. The Morgan fingerprint density at radius 1 is 0.821 bits per heavy atom. The minimum atomic E-state index is -0.709. The molecule has 6 atom stereocenters. The van der Waals surface area contributed by atoms with E-state index in [4.69, 9.17) is 9.47 Å². The van der Waals surface area contributed by atoms with E-state index in [1.807, 2.05) is 0 Å². The number of rotatable bonds is 0. The number of ether oxygens (including phenoxy) is 2. The Morgan fingerprint density at radius 3 is 2.39 bits per heavy atom. The average Bonchev–Trinajstić information content (AvgIpc) is 2.63. The molecular weight excluding hydrogens is 360 g/mol. The van der Waals surface area contributed by atoms with Gasteiger partial charge in [-0.2, -0.15) is 0 Å². The zero-order chi connectivity index (χ0) is 19.5. The highest BCUT2D eigenvalue weighted by Crippen LogP contribution is 2.62. The van der Waals surface area contributed by atoms with E-state index >= 15 is 0 Å². The van der Waals surface area contributed by atoms with Crippen LogP contribution < -0.4 is 0 Å². The zero-order valence-electron chi connectivity index (χ0n) is 16.2. The number of ketones is 2. The SMILES string of the molecule is O=C1CCC[C@]23C[C@H](CCOC(=O)[C@@]45CCCC(=O)[C@@H]4C[C@H]5CCOC2=O)[C@@H]13. The van der Waals surface area contributed by atoms with E-state index in [9.17, 15) is 19.2 Å². The maximum atomic E-state index is 13.1. The number of carbonyl (C=O) groups is 4. The van der Waals surface area contributed by atoms with Crippen molar-refractivity contribution in [2.75, 3.05) is 13.2 Å². The third-order valence-corrected chi connectivity index (χ3v) is 8.57. The highest BCUT2D eigenvalue weighted by atomic mass is 16.5. The molecule has 6 heteroatoms. The van der Waals surface area contributed by atoms with Crippen LogP contribution in [0.5, 0.6) is 0 Å². The van der Waals surface area contributed by atoms with Gasteiger partial charge < -0.3 is 9.47 Å². The molecule has 5 rings (SSSR count). The van der Waals surface area contributed by atoms with Crippen molar-refractivity contribution in [2.24, 2.45) is 34.5 Å². The van der Waals surface area contributed by atoms with Crippen LogP contribution in [0.3, 0.4) is 0 Å². The van der Waals surface area contributed by atoms with E-state index in [2.05, 4.69) is 0 Å². The van der Waals surface area contributed by atoms with Crippen molar-refractivity contribution in [2.45, 2.75) is 64.2 Å². The second-order valence-electron chi connectivity index (χ2n) is 9.61. The fraction of sp³-hybridized carbons (Fsp3) is 0.818. The fourth-order valence-corrected chi connectivity index (χ4v) is 7.16. The van der Waals surface area contributed by atoms with Crippen LogP contribution in [0.4, 0.5) is 0 Å². The van der Waals surface area contributed by atoms with E-state index in [1.54, 1.807) is 0 Å². The summed E-state index contributed by atoms with van der Waals surface area (Å²) in [4.78, 5) is 50.9. The van der Waals surface area contributed by atoms with Gasteiger partial charge >= 0.3 is 11.9 Å². The van der Waals surface area contributed by atoms with E-state index in [1.165, 1.54) is 0 Å². The van der Waals surface area contributed by atoms with Gasteiger partial charge in [-0.05, 0) is 63.2 Å². The van der Waals surface area contributed by atoms with Crippen LogP contribution >= 0.6 is 0 Å². The summed E-state index contributed by atoms with van der Waals surface area (Å²) in [5.41, 5.74) is -1.35. The number of Topliss-reactive ketones (excluding diaryl/α,β-unsaturated/α-hetero) is 2. The molecule has 0 aromatic carbocycles. The third kappa shape index (κ3) is 2.32. The van der Waals surface area contributed by atoms with Crippen molar-refractivity contribution >= 4 is 23.5 Å². The van der Waals surface area contributed by atoms with E-state index in [0.717, 1.165) is 19.3 Å². The molecule has 28 heavy (non-hydrogen) atoms. The number of hydrogen-bond donors (Lipinski definition) is 0. The molecule has 0 N–H and O–H groups in total. The van der Waals surface area contributed by atoms with Gasteiger partial charge in [-0.1, -0.05) is 0 Å². The summed E-state index contributed by atoms with van der Waals surface area (Å²) >= 11 is 0. The Labute approximate surface area is 164 Å². The van der Waals surface area contributed by atoms with Crippen LogP contribution in [-0.2, 0) is 28.7 Å². The van der Waals surface area contributed by atoms with Gasteiger partial charge in [0.05, 0.1) is 24.0 Å². The molecule has 152 valence electrons. The second kappa shape index (κ2) is 6.39. The first kappa shape index (κ1) is 18.3. The minimum absolute atomic E-state index is 0.0408. The lowest BCUT2D eigenvalue weighted by molar-refractivity contribution is -0.189. The smallest absolute Gasteiger partial charge is 0.313 e. The highest BCUT2D eigenvalue weighted by molar-refractivity contribution is 5.93. The third-order valence-electron chi connectivity index (χ3n) is 8.57. The lowest BCUT2D eigenvalue weighted by atomic mass is 9.46. The van der Waals surface area contributed by atoms with Crippen molar-refractivity contribution < 1.29 is 28.7 Å². The number of hydrogen-bond acceptors (Lipinski definition) is 6. The van der Waals surface area contributed by atoms with Gasteiger partial charge in [0.2, 0.25) is 0 Å². The second-order valence-corrected chi connectivity index (χ2v) is 9.61. The fourth-order valence-electron chi connectivity index (χ4n) is 7.16. The molecule has 0 unspecified atom stereocenters. The Kier molecular flexibility index (Phi) is 4.18. The molecule has 5 fully saturated rings. The van der Waals surface area contributed by atoms with Gasteiger partial charge in [-0.25, -0.2) is 0 Å². The summed E-state index contributed by atoms with van der Waals surface area (Å²) in [7, 11) is 0. The summed E-state index contributed by atoms with van der Waals surface area (Å²) in [5.74, 6) is -0.490. The number of esters is 2. The monoisotopic (exact) mass is 388 g/mol. The van der Waals surface area contributed by atoms with E-state index < -0.39 is 10.8 Å². The van der Waals surface area contributed by atoms with Gasteiger partial charge in [0.25, 0.3) is 0 Å². The molecule has 0 aromatic heterocycles. The lowest BCUT2D eigenvalue weighted by Gasteiger charge is -2.55. The van der Waals surface area contributed by atoms with Gasteiger partial charge in [0, 0.05) is 24.7 Å². The summed E-state index contributed by atoms with van der Waals surface area (Å²) in [5, 5.41) is 0. The molecule has 4 aliphatic carbocycles. The molecule has 0 amide bonds.